The van der Waals surface area contributed by atoms with Crippen LogP contribution in [0.2, 0.25) is 10.0 Å². The van der Waals surface area contributed by atoms with Gasteiger partial charge in [0.15, 0.2) is 0 Å². The fourth-order valence-electron chi connectivity index (χ4n) is 3.63. The summed E-state index contributed by atoms with van der Waals surface area (Å²) in [5, 5.41) is 7.34. The smallest absolute Gasteiger partial charge is 0.0617 e. The average molecular weight is 371 g/mol. The maximum atomic E-state index is 6.58. The number of fused-ring (bicyclic) bond motifs is 1. The van der Waals surface area contributed by atoms with E-state index in [9.17, 15) is 0 Å². The van der Waals surface area contributed by atoms with Crippen LogP contribution in [0.1, 0.15) is 17.2 Å². The quantitative estimate of drug-likeness (QED) is 0.686. The van der Waals surface area contributed by atoms with Gasteiger partial charge < -0.3 is 5.32 Å². The summed E-state index contributed by atoms with van der Waals surface area (Å²) in [7, 11) is 0. The average Bonchev–Trinajstić information content (AvgIpc) is 2.64. The van der Waals surface area contributed by atoms with Crippen LogP contribution in [-0.4, -0.2) is 31.1 Å². The number of hydrogen-bond donors (Lipinski definition) is 1. The maximum Gasteiger partial charge on any atom is 0.0617 e. The lowest BCUT2D eigenvalue weighted by Gasteiger charge is -2.36. The summed E-state index contributed by atoms with van der Waals surface area (Å²) in [5.41, 5.74) is 2.38. The third kappa shape index (κ3) is 3.54. The Labute approximate surface area is 158 Å². The van der Waals surface area contributed by atoms with E-state index >= 15 is 0 Å². The molecule has 0 aromatic heterocycles. The van der Waals surface area contributed by atoms with Gasteiger partial charge in [0.2, 0.25) is 0 Å². The second kappa shape index (κ2) is 7.35. The molecule has 1 saturated heterocycles. The molecule has 1 atom stereocenters. The molecule has 0 aliphatic carbocycles. The normalized spacial score (nSPS) is 16.9. The number of benzene rings is 3. The summed E-state index contributed by atoms with van der Waals surface area (Å²) >= 11 is 12.7. The predicted octanol–water partition coefficient (Wildman–Crippen LogP) is 5.14. The van der Waals surface area contributed by atoms with E-state index in [1.54, 1.807) is 0 Å². The SMILES string of the molecule is Clc1ccc(C(c2ccc3ccccc3c2)N2CCNCC2)c(Cl)c1. The third-order valence-corrected chi connectivity index (χ3v) is 5.43. The zero-order valence-corrected chi connectivity index (χ0v) is 15.4. The monoisotopic (exact) mass is 370 g/mol. The van der Waals surface area contributed by atoms with Crippen LogP contribution in [0, 0.1) is 0 Å². The molecular formula is C21H20Cl2N2. The molecule has 25 heavy (non-hydrogen) atoms. The summed E-state index contributed by atoms with van der Waals surface area (Å²) in [6, 6.07) is 21.1. The third-order valence-electron chi connectivity index (χ3n) is 4.86. The molecular weight excluding hydrogens is 351 g/mol. The predicted molar refractivity (Wildman–Crippen MR) is 107 cm³/mol. The second-order valence-electron chi connectivity index (χ2n) is 6.46. The highest BCUT2D eigenvalue weighted by Gasteiger charge is 2.26. The number of nitrogens with zero attached hydrogens (tertiary/aromatic N) is 1. The molecule has 1 unspecified atom stereocenters. The number of nitrogens with one attached hydrogen (secondary N) is 1. The van der Waals surface area contributed by atoms with Crippen LogP contribution in [-0.2, 0) is 0 Å². The zero-order valence-electron chi connectivity index (χ0n) is 13.9. The highest BCUT2D eigenvalue weighted by atomic mass is 35.5. The van der Waals surface area contributed by atoms with Gasteiger partial charge in [-0.05, 0) is 40.1 Å². The Morgan fingerprint density at radius 2 is 1.60 bits per heavy atom. The molecule has 4 heteroatoms. The fourth-order valence-corrected chi connectivity index (χ4v) is 4.14. The van der Waals surface area contributed by atoms with Gasteiger partial charge in [0.1, 0.15) is 0 Å². The van der Waals surface area contributed by atoms with Gasteiger partial charge >= 0.3 is 0 Å². The van der Waals surface area contributed by atoms with Crippen molar-refractivity contribution in [1.82, 2.24) is 10.2 Å². The summed E-state index contributed by atoms with van der Waals surface area (Å²) < 4.78 is 0. The summed E-state index contributed by atoms with van der Waals surface area (Å²) in [6.45, 7) is 3.98. The van der Waals surface area contributed by atoms with Crippen LogP contribution in [0.25, 0.3) is 10.8 Å². The molecule has 0 radical (unpaired) electrons. The van der Waals surface area contributed by atoms with E-state index in [2.05, 4.69) is 58.7 Å². The maximum absolute atomic E-state index is 6.58. The second-order valence-corrected chi connectivity index (χ2v) is 7.30. The van der Waals surface area contributed by atoms with Gasteiger partial charge in [0.25, 0.3) is 0 Å². The summed E-state index contributed by atoms with van der Waals surface area (Å²) in [5.74, 6) is 0. The molecule has 0 spiro atoms. The molecule has 3 aromatic carbocycles. The first-order valence-electron chi connectivity index (χ1n) is 8.61. The number of piperazine rings is 1. The van der Waals surface area contributed by atoms with Crippen molar-refractivity contribution in [2.45, 2.75) is 6.04 Å². The minimum atomic E-state index is 0.136. The Morgan fingerprint density at radius 1 is 0.840 bits per heavy atom. The van der Waals surface area contributed by atoms with Crippen molar-refractivity contribution < 1.29 is 0 Å². The minimum Gasteiger partial charge on any atom is -0.314 e. The topological polar surface area (TPSA) is 15.3 Å². The van der Waals surface area contributed by atoms with Crippen molar-refractivity contribution >= 4 is 34.0 Å². The van der Waals surface area contributed by atoms with Crippen LogP contribution in [0.15, 0.2) is 60.7 Å². The molecule has 1 fully saturated rings. The van der Waals surface area contributed by atoms with E-state index in [1.165, 1.54) is 16.3 Å². The van der Waals surface area contributed by atoms with Gasteiger partial charge in [-0.25, -0.2) is 0 Å². The van der Waals surface area contributed by atoms with E-state index < -0.39 is 0 Å². The molecule has 3 aromatic rings. The van der Waals surface area contributed by atoms with Gasteiger partial charge in [-0.3, -0.25) is 4.90 Å². The van der Waals surface area contributed by atoms with Crippen molar-refractivity contribution in [2.75, 3.05) is 26.2 Å². The van der Waals surface area contributed by atoms with Crippen molar-refractivity contribution in [2.24, 2.45) is 0 Å². The largest absolute Gasteiger partial charge is 0.314 e. The number of halogens is 2. The Hall–Kier alpha value is -1.58. The van der Waals surface area contributed by atoms with E-state index in [-0.39, 0.29) is 6.04 Å². The summed E-state index contributed by atoms with van der Waals surface area (Å²) in [6.07, 6.45) is 0. The Kier molecular flexibility index (Phi) is 4.96. The Morgan fingerprint density at radius 3 is 2.36 bits per heavy atom. The first kappa shape index (κ1) is 16.9. The Balaban J connectivity index is 1.83. The van der Waals surface area contributed by atoms with E-state index in [4.69, 9.17) is 23.2 Å². The molecule has 0 bridgehead atoms. The van der Waals surface area contributed by atoms with E-state index in [0.29, 0.717) is 5.02 Å². The highest BCUT2D eigenvalue weighted by molar-refractivity contribution is 6.35. The van der Waals surface area contributed by atoms with Gasteiger partial charge in [-0.1, -0.05) is 65.7 Å². The molecule has 0 amide bonds. The molecule has 1 aliphatic heterocycles. The van der Waals surface area contributed by atoms with Gasteiger partial charge in [-0.2, -0.15) is 0 Å². The van der Waals surface area contributed by atoms with Crippen LogP contribution in [0.5, 0.6) is 0 Å². The zero-order chi connectivity index (χ0) is 17.2. The summed E-state index contributed by atoms with van der Waals surface area (Å²) in [4.78, 5) is 2.50. The first-order chi connectivity index (χ1) is 12.2. The van der Waals surface area contributed by atoms with Crippen molar-refractivity contribution in [1.29, 1.82) is 0 Å². The van der Waals surface area contributed by atoms with E-state index in [1.807, 2.05) is 12.1 Å². The van der Waals surface area contributed by atoms with E-state index in [0.717, 1.165) is 36.8 Å². The molecule has 1 heterocycles. The lowest BCUT2D eigenvalue weighted by Crippen LogP contribution is -2.45. The van der Waals surface area contributed by atoms with Crippen LogP contribution in [0.3, 0.4) is 0 Å². The lowest BCUT2D eigenvalue weighted by molar-refractivity contribution is 0.198. The number of hydrogen-bond acceptors (Lipinski definition) is 2. The van der Waals surface area contributed by atoms with Crippen LogP contribution < -0.4 is 5.32 Å². The van der Waals surface area contributed by atoms with Gasteiger partial charge in [0.05, 0.1) is 6.04 Å². The fraction of sp³-hybridized carbons (Fsp3) is 0.238. The van der Waals surface area contributed by atoms with Crippen LogP contribution >= 0.6 is 23.2 Å². The molecule has 1 N–H and O–H groups in total. The number of rotatable bonds is 3. The molecule has 128 valence electrons. The standard InChI is InChI=1S/C21H20Cl2N2/c22-18-7-8-19(20(23)14-18)21(25-11-9-24-10-12-25)17-6-5-15-3-1-2-4-16(15)13-17/h1-8,13-14,21,24H,9-12H2. The Bertz CT molecular complexity index is 888. The van der Waals surface area contributed by atoms with Gasteiger partial charge in [0, 0.05) is 36.2 Å². The molecule has 2 nitrogen and oxygen atoms in total. The van der Waals surface area contributed by atoms with Crippen molar-refractivity contribution in [3.8, 4) is 0 Å². The van der Waals surface area contributed by atoms with Crippen LogP contribution in [0.4, 0.5) is 0 Å². The lowest BCUT2D eigenvalue weighted by atomic mass is 9.94. The molecule has 1 aliphatic rings. The van der Waals surface area contributed by atoms with Crippen molar-refractivity contribution in [3.05, 3.63) is 81.8 Å². The highest BCUT2D eigenvalue weighted by Crippen LogP contribution is 2.36. The first-order valence-corrected chi connectivity index (χ1v) is 9.36. The van der Waals surface area contributed by atoms with Crippen molar-refractivity contribution in [3.63, 3.8) is 0 Å². The minimum absolute atomic E-state index is 0.136. The molecule has 0 saturated carbocycles. The molecule has 4 rings (SSSR count). The van der Waals surface area contributed by atoms with Gasteiger partial charge in [-0.15, -0.1) is 0 Å².